The first-order valence-electron chi connectivity index (χ1n) is 13.2. The van der Waals surface area contributed by atoms with Crippen molar-refractivity contribution < 1.29 is 27.1 Å². The number of unbranched alkanes of at least 4 members (excludes halogenated alkanes) is 1. The molecule has 2 amide bonds. The molecule has 40 heavy (non-hydrogen) atoms. The molecule has 1 N–H and O–H groups in total. The summed E-state index contributed by atoms with van der Waals surface area (Å²) in [5.41, 5.74) is 0.786. The number of para-hydroxylation sites is 2. The average Bonchev–Trinajstić information content (AvgIpc) is 2.97. The summed E-state index contributed by atoms with van der Waals surface area (Å²) in [4.78, 5) is 28.6. The van der Waals surface area contributed by atoms with Crippen molar-refractivity contribution in [1.82, 2.24) is 10.2 Å². The third kappa shape index (κ3) is 7.59. The lowest BCUT2D eigenvalue weighted by Gasteiger charge is -2.33. The van der Waals surface area contributed by atoms with Crippen LogP contribution in [0.2, 0.25) is 0 Å². The second kappa shape index (κ2) is 14.5. The second-order valence-corrected chi connectivity index (χ2v) is 11.1. The number of hydrogen-bond donors (Lipinski definition) is 1. The van der Waals surface area contributed by atoms with E-state index in [4.69, 9.17) is 4.74 Å². The number of amides is 2. The van der Waals surface area contributed by atoms with Gasteiger partial charge in [0.05, 0.1) is 17.7 Å². The van der Waals surface area contributed by atoms with Crippen LogP contribution in [0.25, 0.3) is 0 Å². The smallest absolute Gasteiger partial charge is 0.264 e. The molecule has 3 aromatic carbocycles. The maximum absolute atomic E-state index is 14.0. The predicted octanol–water partition coefficient (Wildman–Crippen LogP) is 4.75. The van der Waals surface area contributed by atoms with E-state index in [2.05, 4.69) is 5.32 Å². The average molecular weight is 570 g/mol. The second-order valence-electron chi connectivity index (χ2n) is 9.21. The van der Waals surface area contributed by atoms with Gasteiger partial charge in [-0.05, 0) is 54.8 Å². The number of sulfonamides is 1. The zero-order valence-corrected chi connectivity index (χ0v) is 23.9. The molecule has 0 bridgehead atoms. The molecule has 0 spiro atoms. The van der Waals surface area contributed by atoms with Gasteiger partial charge in [0.25, 0.3) is 10.0 Å². The number of nitrogens with one attached hydrogen (secondary N) is 1. The van der Waals surface area contributed by atoms with Gasteiger partial charge in [-0.25, -0.2) is 12.8 Å². The minimum atomic E-state index is -4.21. The van der Waals surface area contributed by atoms with Gasteiger partial charge in [0.1, 0.15) is 24.2 Å². The van der Waals surface area contributed by atoms with Crippen LogP contribution in [0.15, 0.2) is 83.8 Å². The van der Waals surface area contributed by atoms with Gasteiger partial charge in [-0.2, -0.15) is 0 Å². The molecule has 0 aliphatic carbocycles. The van der Waals surface area contributed by atoms with E-state index < -0.39 is 34.3 Å². The van der Waals surface area contributed by atoms with E-state index in [0.29, 0.717) is 18.5 Å². The summed E-state index contributed by atoms with van der Waals surface area (Å²) in [6, 6.07) is 19.1. The van der Waals surface area contributed by atoms with Crippen molar-refractivity contribution in [2.45, 2.75) is 50.6 Å². The van der Waals surface area contributed by atoms with Crippen LogP contribution in [0.1, 0.15) is 38.7 Å². The Balaban J connectivity index is 2.05. The Morgan fingerprint density at radius 3 is 2.23 bits per heavy atom. The molecule has 0 saturated carbocycles. The van der Waals surface area contributed by atoms with E-state index in [-0.39, 0.29) is 28.8 Å². The largest absolute Gasteiger partial charge is 0.495 e. The molecule has 0 aliphatic rings. The van der Waals surface area contributed by atoms with Crippen molar-refractivity contribution in [2.75, 3.05) is 24.5 Å². The van der Waals surface area contributed by atoms with E-state index in [0.717, 1.165) is 17.1 Å². The predicted molar refractivity (Wildman–Crippen MR) is 153 cm³/mol. The van der Waals surface area contributed by atoms with Crippen molar-refractivity contribution >= 4 is 27.5 Å². The molecule has 1 atom stereocenters. The molecule has 0 saturated heterocycles. The highest BCUT2D eigenvalue weighted by molar-refractivity contribution is 7.92. The lowest BCUT2D eigenvalue weighted by molar-refractivity contribution is -0.140. The van der Waals surface area contributed by atoms with Gasteiger partial charge in [-0.15, -0.1) is 0 Å². The Kier molecular flexibility index (Phi) is 11.1. The normalized spacial score (nSPS) is 11.9. The minimum absolute atomic E-state index is 0.00291. The number of hydrogen-bond acceptors (Lipinski definition) is 5. The number of carbonyl (C=O) groups is 2. The molecular formula is C30H36FN3O5S. The summed E-state index contributed by atoms with van der Waals surface area (Å²) in [6.07, 6.45) is 1.97. The number of rotatable bonds is 14. The van der Waals surface area contributed by atoms with Crippen molar-refractivity contribution in [3.8, 4) is 5.75 Å². The monoisotopic (exact) mass is 569 g/mol. The van der Waals surface area contributed by atoms with Crippen LogP contribution < -0.4 is 14.4 Å². The molecule has 0 aromatic heterocycles. The summed E-state index contributed by atoms with van der Waals surface area (Å²) >= 11 is 0. The molecule has 3 rings (SSSR count). The molecule has 0 radical (unpaired) electrons. The topological polar surface area (TPSA) is 96.0 Å². The first kappa shape index (κ1) is 30.6. The highest BCUT2D eigenvalue weighted by Crippen LogP contribution is 2.32. The summed E-state index contributed by atoms with van der Waals surface area (Å²) in [7, 11) is -2.79. The number of ether oxygens (including phenoxy) is 1. The van der Waals surface area contributed by atoms with Crippen molar-refractivity contribution in [1.29, 1.82) is 0 Å². The fourth-order valence-corrected chi connectivity index (χ4v) is 5.73. The zero-order valence-electron chi connectivity index (χ0n) is 23.0. The Labute approximate surface area is 235 Å². The van der Waals surface area contributed by atoms with Gasteiger partial charge < -0.3 is 15.0 Å². The zero-order chi connectivity index (χ0) is 29.1. The van der Waals surface area contributed by atoms with Crippen LogP contribution in [-0.2, 0) is 26.2 Å². The standard InChI is InChI=1S/C30H36FN3O5S/c1-4-6-20-32-30(36)26(5-2)33(21-23-16-18-24(31)19-17-23)29(35)22-34(27-14-10-11-15-28(27)39-3)40(37,38)25-12-8-7-9-13-25/h7-19,26H,4-6,20-22H2,1-3H3,(H,32,36)/t26-/m0/s1. The molecule has 0 fully saturated rings. The van der Waals surface area contributed by atoms with Crippen LogP contribution in [0.3, 0.4) is 0 Å². The van der Waals surface area contributed by atoms with Gasteiger partial charge in [0.15, 0.2) is 0 Å². The fraction of sp³-hybridized carbons (Fsp3) is 0.333. The Hall–Kier alpha value is -3.92. The van der Waals surface area contributed by atoms with E-state index in [1.807, 2.05) is 6.92 Å². The third-order valence-electron chi connectivity index (χ3n) is 6.45. The maximum Gasteiger partial charge on any atom is 0.264 e. The van der Waals surface area contributed by atoms with Crippen molar-refractivity contribution in [3.63, 3.8) is 0 Å². The minimum Gasteiger partial charge on any atom is -0.495 e. The number of nitrogens with zero attached hydrogens (tertiary/aromatic N) is 2. The Morgan fingerprint density at radius 1 is 0.950 bits per heavy atom. The van der Waals surface area contributed by atoms with Crippen molar-refractivity contribution in [2.24, 2.45) is 0 Å². The van der Waals surface area contributed by atoms with Crippen LogP contribution in [0.5, 0.6) is 5.75 Å². The molecule has 214 valence electrons. The molecule has 0 aliphatic heterocycles. The first-order chi connectivity index (χ1) is 19.2. The quantitative estimate of drug-likeness (QED) is 0.283. The Bertz CT molecular complexity index is 1370. The van der Waals surface area contributed by atoms with E-state index in [1.54, 1.807) is 49.4 Å². The third-order valence-corrected chi connectivity index (χ3v) is 8.22. The lowest BCUT2D eigenvalue weighted by Crippen LogP contribution is -2.52. The number of anilines is 1. The van der Waals surface area contributed by atoms with Crippen LogP contribution in [0, 0.1) is 5.82 Å². The summed E-state index contributed by atoms with van der Waals surface area (Å²) < 4.78 is 47.8. The summed E-state index contributed by atoms with van der Waals surface area (Å²) in [5, 5.41) is 2.88. The maximum atomic E-state index is 14.0. The van der Waals surface area contributed by atoms with Gasteiger partial charge in [0.2, 0.25) is 11.8 Å². The van der Waals surface area contributed by atoms with Gasteiger partial charge in [0, 0.05) is 13.1 Å². The lowest BCUT2D eigenvalue weighted by atomic mass is 10.1. The first-order valence-corrected chi connectivity index (χ1v) is 14.7. The molecule has 10 heteroatoms. The molecular weight excluding hydrogens is 533 g/mol. The number of carbonyl (C=O) groups excluding carboxylic acids is 2. The molecule has 8 nitrogen and oxygen atoms in total. The van der Waals surface area contributed by atoms with Gasteiger partial charge in [-0.3, -0.25) is 13.9 Å². The number of halogens is 1. The summed E-state index contributed by atoms with van der Waals surface area (Å²) in [6.45, 7) is 3.66. The van der Waals surface area contributed by atoms with Crippen LogP contribution >= 0.6 is 0 Å². The Morgan fingerprint density at radius 2 is 1.60 bits per heavy atom. The van der Waals surface area contributed by atoms with Crippen LogP contribution in [-0.4, -0.2) is 51.4 Å². The van der Waals surface area contributed by atoms with Gasteiger partial charge in [-0.1, -0.05) is 62.7 Å². The molecule has 0 unspecified atom stereocenters. The molecule has 0 heterocycles. The molecule has 3 aromatic rings. The van der Waals surface area contributed by atoms with Gasteiger partial charge >= 0.3 is 0 Å². The summed E-state index contributed by atoms with van der Waals surface area (Å²) in [5.74, 6) is -1.08. The fourth-order valence-electron chi connectivity index (χ4n) is 4.28. The van der Waals surface area contributed by atoms with Crippen molar-refractivity contribution in [3.05, 3.63) is 90.2 Å². The van der Waals surface area contributed by atoms with E-state index >= 15 is 0 Å². The number of methoxy groups -OCH3 is 1. The van der Waals surface area contributed by atoms with E-state index in [1.165, 1.54) is 48.4 Å². The number of benzene rings is 3. The SMILES string of the molecule is CCCCNC(=O)[C@H](CC)N(Cc1ccc(F)cc1)C(=O)CN(c1ccccc1OC)S(=O)(=O)c1ccccc1. The highest BCUT2D eigenvalue weighted by Gasteiger charge is 2.34. The van der Waals surface area contributed by atoms with Crippen LogP contribution in [0.4, 0.5) is 10.1 Å². The van der Waals surface area contributed by atoms with E-state index in [9.17, 15) is 22.4 Å². The highest BCUT2D eigenvalue weighted by atomic mass is 32.2.